The van der Waals surface area contributed by atoms with Crippen LogP contribution in [0.1, 0.15) is 58.8 Å². The first-order valence-corrected chi connectivity index (χ1v) is 6.90. The van der Waals surface area contributed by atoms with Gasteiger partial charge in [0.15, 0.2) is 0 Å². The van der Waals surface area contributed by atoms with E-state index in [1.807, 2.05) is 13.8 Å². The van der Waals surface area contributed by atoms with Gasteiger partial charge in [0, 0.05) is 12.0 Å². The molecular formula is C14H23NO3. The highest BCUT2D eigenvalue weighted by Crippen LogP contribution is 2.42. The smallest absolute Gasteiger partial charge is 0.310 e. The Morgan fingerprint density at radius 1 is 1.28 bits per heavy atom. The fraction of sp³-hybridized carbons (Fsp3) is 0.857. The van der Waals surface area contributed by atoms with E-state index in [1.165, 1.54) is 0 Å². The van der Waals surface area contributed by atoms with Crippen LogP contribution in [0.4, 0.5) is 0 Å². The summed E-state index contributed by atoms with van der Waals surface area (Å²) in [4.78, 5) is 23.5. The van der Waals surface area contributed by atoms with Crippen molar-refractivity contribution in [3.63, 3.8) is 0 Å². The summed E-state index contributed by atoms with van der Waals surface area (Å²) in [6.07, 6.45) is 5.59. The Bertz CT molecular complexity index is 352. The predicted molar refractivity (Wildman–Crippen MR) is 68.1 cm³/mol. The molecule has 102 valence electrons. The standard InChI is InChI=1S/C14H23NO3/c1-13(2,10-5-6-10)15-11(16)9-14(12(17)18)7-3-4-8-14/h10H,3-9H2,1-2H3,(H,15,16)(H,17,18). The van der Waals surface area contributed by atoms with E-state index in [0.29, 0.717) is 18.8 Å². The number of rotatable bonds is 5. The van der Waals surface area contributed by atoms with E-state index in [2.05, 4.69) is 5.32 Å². The van der Waals surface area contributed by atoms with Crippen molar-refractivity contribution >= 4 is 11.9 Å². The van der Waals surface area contributed by atoms with Gasteiger partial charge in [-0.1, -0.05) is 12.8 Å². The van der Waals surface area contributed by atoms with E-state index in [-0.39, 0.29) is 17.9 Å². The van der Waals surface area contributed by atoms with Gasteiger partial charge in [0.25, 0.3) is 0 Å². The fourth-order valence-electron chi connectivity index (χ4n) is 3.14. The maximum absolute atomic E-state index is 12.1. The maximum Gasteiger partial charge on any atom is 0.310 e. The molecule has 0 heterocycles. The lowest BCUT2D eigenvalue weighted by molar-refractivity contribution is -0.151. The van der Waals surface area contributed by atoms with Crippen LogP contribution in [0, 0.1) is 11.3 Å². The second-order valence-electron chi connectivity index (χ2n) is 6.51. The summed E-state index contributed by atoms with van der Waals surface area (Å²) in [7, 11) is 0. The fourth-order valence-corrected chi connectivity index (χ4v) is 3.14. The molecule has 2 saturated carbocycles. The van der Waals surface area contributed by atoms with Crippen molar-refractivity contribution in [2.75, 3.05) is 0 Å². The molecule has 0 radical (unpaired) electrons. The monoisotopic (exact) mass is 253 g/mol. The largest absolute Gasteiger partial charge is 0.481 e. The van der Waals surface area contributed by atoms with Gasteiger partial charge < -0.3 is 10.4 Å². The molecule has 0 atom stereocenters. The lowest BCUT2D eigenvalue weighted by atomic mass is 9.82. The molecule has 2 aliphatic rings. The zero-order valence-corrected chi connectivity index (χ0v) is 11.3. The SMILES string of the molecule is CC(C)(NC(=O)CC1(C(=O)O)CCCC1)C1CC1. The minimum absolute atomic E-state index is 0.101. The highest BCUT2D eigenvalue weighted by atomic mass is 16.4. The average molecular weight is 253 g/mol. The molecule has 0 unspecified atom stereocenters. The molecule has 0 bridgehead atoms. The average Bonchev–Trinajstić information content (AvgIpc) is 3.00. The van der Waals surface area contributed by atoms with Gasteiger partial charge in [-0.25, -0.2) is 0 Å². The Balaban J connectivity index is 1.95. The Morgan fingerprint density at radius 3 is 2.28 bits per heavy atom. The minimum atomic E-state index is -0.806. The van der Waals surface area contributed by atoms with Gasteiger partial charge in [-0.3, -0.25) is 9.59 Å². The predicted octanol–water partition coefficient (Wildman–Crippen LogP) is 2.33. The Hall–Kier alpha value is -1.06. The number of hydrogen-bond donors (Lipinski definition) is 2. The second-order valence-corrected chi connectivity index (χ2v) is 6.51. The van der Waals surface area contributed by atoms with Crippen LogP contribution in [0.15, 0.2) is 0 Å². The molecule has 4 nitrogen and oxygen atoms in total. The van der Waals surface area contributed by atoms with E-state index < -0.39 is 11.4 Å². The number of carboxylic acid groups (broad SMARTS) is 1. The number of amides is 1. The lowest BCUT2D eigenvalue weighted by Crippen LogP contribution is -2.47. The molecule has 0 aromatic rings. The number of carboxylic acids is 1. The molecule has 2 aliphatic carbocycles. The van der Waals surface area contributed by atoms with E-state index in [9.17, 15) is 14.7 Å². The first-order chi connectivity index (χ1) is 8.36. The van der Waals surface area contributed by atoms with E-state index in [0.717, 1.165) is 25.7 Å². The van der Waals surface area contributed by atoms with Crippen LogP contribution in [0.2, 0.25) is 0 Å². The van der Waals surface area contributed by atoms with Gasteiger partial charge in [-0.05, 0) is 45.4 Å². The van der Waals surface area contributed by atoms with Crippen molar-refractivity contribution in [3.8, 4) is 0 Å². The summed E-state index contributed by atoms with van der Waals surface area (Å²) in [5, 5.41) is 12.4. The molecule has 0 aliphatic heterocycles. The maximum atomic E-state index is 12.1. The zero-order valence-electron chi connectivity index (χ0n) is 11.3. The molecular weight excluding hydrogens is 230 g/mol. The quantitative estimate of drug-likeness (QED) is 0.790. The highest BCUT2D eigenvalue weighted by Gasteiger charge is 2.45. The van der Waals surface area contributed by atoms with Crippen LogP contribution in [-0.4, -0.2) is 22.5 Å². The zero-order chi connectivity index (χ0) is 13.4. The molecule has 18 heavy (non-hydrogen) atoms. The normalized spacial score (nSPS) is 22.8. The van der Waals surface area contributed by atoms with Gasteiger partial charge in [-0.2, -0.15) is 0 Å². The third-order valence-corrected chi connectivity index (χ3v) is 4.57. The van der Waals surface area contributed by atoms with Crippen LogP contribution in [0.25, 0.3) is 0 Å². The summed E-state index contributed by atoms with van der Waals surface area (Å²) in [5.74, 6) is -0.346. The van der Waals surface area contributed by atoms with Gasteiger partial charge in [0.1, 0.15) is 0 Å². The first-order valence-electron chi connectivity index (χ1n) is 6.90. The summed E-state index contributed by atoms with van der Waals surface area (Å²) in [5.41, 5.74) is -0.987. The Morgan fingerprint density at radius 2 is 1.83 bits per heavy atom. The molecule has 2 fully saturated rings. The Labute approximate surface area is 108 Å². The number of aliphatic carboxylic acids is 1. The van der Waals surface area contributed by atoms with Crippen molar-refractivity contribution in [3.05, 3.63) is 0 Å². The first kappa shape index (κ1) is 13.4. The third kappa shape index (κ3) is 2.68. The summed E-state index contributed by atoms with van der Waals surface area (Å²) >= 11 is 0. The third-order valence-electron chi connectivity index (χ3n) is 4.57. The number of hydrogen-bond acceptors (Lipinski definition) is 2. The molecule has 0 aromatic heterocycles. The topological polar surface area (TPSA) is 66.4 Å². The van der Waals surface area contributed by atoms with Crippen molar-refractivity contribution < 1.29 is 14.7 Å². The van der Waals surface area contributed by atoms with Crippen LogP contribution in [-0.2, 0) is 9.59 Å². The van der Waals surface area contributed by atoms with Crippen molar-refractivity contribution in [2.45, 2.75) is 64.3 Å². The molecule has 4 heteroatoms. The highest BCUT2D eigenvalue weighted by molar-refractivity contribution is 5.85. The molecule has 2 N–H and O–H groups in total. The van der Waals surface area contributed by atoms with Gasteiger partial charge in [0.05, 0.1) is 5.41 Å². The number of nitrogens with one attached hydrogen (secondary N) is 1. The molecule has 0 spiro atoms. The number of carbonyl (C=O) groups excluding carboxylic acids is 1. The summed E-state index contributed by atoms with van der Waals surface area (Å²) in [6, 6.07) is 0. The number of carbonyl (C=O) groups is 2. The molecule has 1 amide bonds. The van der Waals surface area contributed by atoms with E-state index >= 15 is 0 Å². The molecule has 0 aromatic carbocycles. The minimum Gasteiger partial charge on any atom is -0.481 e. The van der Waals surface area contributed by atoms with Crippen LogP contribution >= 0.6 is 0 Å². The van der Waals surface area contributed by atoms with E-state index in [4.69, 9.17) is 0 Å². The van der Waals surface area contributed by atoms with Gasteiger partial charge in [0.2, 0.25) is 5.91 Å². The molecule has 2 rings (SSSR count). The lowest BCUT2D eigenvalue weighted by Gasteiger charge is -2.29. The van der Waals surface area contributed by atoms with Crippen molar-refractivity contribution in [1.29, 1.82) is 0 Å². The van der Waals surface area contributed by atoms with Gasteiger partial charge >= 0.3 is 5.97 Å². The van der Waals surface area contributed by atoms with Gasteiger partial charge in [-0.15, -0.1) is 0 Å². The van der Waals surface area contributed by atoms with Crippen molar-refractivity contribution in [2.24, 2.45) is 11.3 Å². The molecule has 0 saturated heterocycles. The van der Waals surface area contributed by atoms with Crippen LogP contribution in [0.3, 0.4) is 0 Å². The second kappa shape index (κ2) is 4.56. The summed E-state index contributed by atoms with van der Waals surface area (Å²) in [6.45, 7) is 4.06. The van der Waals surface area contributed by atoms with Crippen LogP contribution in [0.5, 0.6) is 0 Å². The summed E-state index contributed by atoms with van der Waals surface area (Å²) < 4.78 is 0. The Kier molecular flexibility index (Phi) is 3.39. The van der Waals surface area contributed by atoms with Crippen molar-refractivity contribution in [1.82, 2.24) is 5.32 Å². The van der Waals surface area contributed by atoms with E-state index in [1.54, 1.807) is 0 Å². The van der Waals surface area contributed by atoms with Crippen LogP contribution < -0.4 is 5.32 Å².